The maximum Gasteiger partial charge on any atom is 0.253 e. The van der Waals surface area contributed by atoms with Crippen molar-refractivity contribution >= 4 is 16.8 Å². The quantitative estimate of drug-likeness (QED) is 0.718. The van der Waals surface area contributed by atoms with Gasteiger partial charge in [-0.2, -0.15) is 0 Å². The van der Waals surface area contributed by atoms with Gasteiger partial charge in [0, 0.05) is 0 Å². The molecule has 0 saturated heterocycles. The van der Waals surface area contributed by atoms with Crippen molar-refractivity contribution in [3.05, 3.63) is 35.9 Å². The minimum Gasteiger partial charge on any atom is -0.362 e. The summed E-state index contributed by atoms with van der Waals surface area (Å²) >= 11 is 5.37. The Morgan fingerprint density at radius 1 is 1.36 bits per heavy atom. The lowest BCUT2D eigenvalue weighted by molar-refractivity contribution is -0.133. The third-order valence-corrected chi connectivity index (χ3v) is 2.37. The smallest absolute Gasteiger partial charge is 0.253 e. The lowest BCUT2D eigenvalue weighted by atomic mass is 10.1. The van der Waals surface area contributed by atoms with Crippen LogP contribution in [-0.4, -0.2) is 10.8 Å². The average Bonchev–Trinajstić information content (AvgIpc) is 2.16. The molecule has 0 aliphatic heterocycles. The van der Waals surface area contributed by atoms with Crippen LogP contribution in [-0.2, 0) is 16.1 Å². The van der Waals surface area contributed by atoms with E-state index in [2.05, 4.69) is 0 Å². The second-order valence-corrected chi connectivity index (χ2v) is 3.90. The molecule has 0 spiro atoms. The zero-order valence-corrected chi connectivity index (χ0v) is 9.04. The van der Waals surface area contributed by atoms with Crippen LogP contribution in [0.25, 0.3) is 0 Å². The van der Waals surface area contributed by atoms with E-state index < -0.39 is 10.8 Å². The SMILES string of the molecule is CC(C)(OCc1ccccc1)C(=O)Cl. The Hall–Kier alpha value is -0.860. The van der Waals surface area contributed by atoms with Gasteiger partial charge in [0.2, 0.25) is 0 Å². The van der Waals surface area contributed by atoms with Gasteiger partial charge in [-0.3, -0.25) is 4.79 Å². The van der Waals surface area contributed by atoms with E-state index in [1.54, 1.807) is 13.8 Å². The molecule has 0 aliphatic carbocycles. The van der Waals surface area contributed by atoms with Crippen LogP contribution in [0.15, 0.2) is 30.3 Å². The number of carbonyl (C=O) groups is 1. The molecule has 0 unspecified atom stereocenters. The number of halogens is 1. The molecule has 0 fully saturated rings. The Morgan fingerprint density at radius 2 is 1.93 bits per heavy atom. The molecule has 1 aromatic carbocycles. The second-order valence-electron chi connectivity index (χ2n) is 3.56. The molecule has 14 heavy (non-hydrogen) atoms. The summed E-state index contributed by atoms with van der Waals surface area (Å²) in [5.74, 6) is 0. The second kappa shape index (κ2) is 4.58. The molecule has 1 rings (SSSR count). The predicted molar refractivity (Wildman–Crippen MR) is 56.2 cm³/mol. The van der Waals surface area contributed by atoms with Crippen LogP contribution in [0.2, 0.25) is 0 Å². The van der Waals surface area contributed by atoms with Gasteiger partial charge < -0.3 is 4.74 Å². The Morgan fingerprint density at radius 3 is 2.43 bits per heavy atom. The van der Waals surface area contributed by atoms with E-state index in [9.17, 15) is 4.79 Å². The molecule has 0 radical (unpaired) electrons. The van der Waals surface area contributed by atoms with Gasteiger partial charge in [-0.1, -0.05) is 30.3 Å². The van der Waals surface area contributed by atoms with E-state index in [-0.39, 0.29) is 0 Å². The molecule has 1 aromatic rings. The molecule has 0 aromatic heterocycles. The Labute approximate surface area is 88.8 Å². The number of ether oxygens (including phenoxy) is 1. The molecule has 0 N–H and O–H groups in total. The molecule has 0 aliphatic rings. The van der Waals surface area contributed by atoms with E-state index in [0.717, 1.165) is 5.56 Å². The van der Waals surface area contributed by atoms with Crippen molar-refractivity contribution in [2.45, 2.75) is 26.1 Å². The van der Waals surface area contributed by atoms with Crippen LogP contribution < -0.4 is 0 Å². The topological polar surface area (TPSA) is 26.3 Å². The fourth-order valence-electron chi connectivity index (χ4n) is 0.895. The first-order chi connectivity index (χ1) is 6.52. The first-order valence-electron chi connectivity index (χ1n) is 4.40. The van der Waals surface area contributed by atoms with Crippen molar-refractivity contribution < 1.29 is 9.53 Å². The highest BCUT2D eigenvalue weighted by Gasteiger charge is 2.26. The molecule has 76 valence electrons. The Balaban J connectivity index is 2.53. The van der Waals surface area contributed by atoms with Crippen molar-refractivity contribution in [3.8, 4) is 0 Å². The molecule has 0 amide bonds. The Kier molecular flexibility index (Phi) is 3.67. The highest BCUT2D eigenvalue weighted by atomic mass is 35.5. The third-order valence-electron chi connectivity index (χ3n) is 1.92. The normalized spacial score (nSPS) is 11.4. The van der Waals surface area contributed by atoms with Gasteiger partial charge in [-0.05, 0) is 31.0 Å². The van der Waals surface area contributed by atoms with E-state index in [1.807, 2.05) is 30.3 Å². The molecule has 0 heterocycles. The minimum absolute atomic E-state index is 0.395. The molecule has 0 bridgehead atoms. The minimum atomic E-state index is -0.919. The van der Waals surface area contributed by atoms with Gasteiger partial charge in [0.1, 0.15) is 5.60 Å². The highest BCUT2D eigenvalue weighted by Crippen LogP contribution is 2.15. The van der Waals surface area contributed by atoms with Crippen LogP contribution in [0.1, 0.15) is 19.4 Å². The lowest BCUT2D eigenvalue weighted by Gasteiger charge is -2.20. The summed E-state index contributed by atoms with van der Waals surface area (Å²) in [4.78, 5) is 10.9. The van der Waals surface area contributed by atoms with Crippen molar-refractivity contribution in [1.82, 2.24) is 0 Å². The lowest BCUT2D eigenvalue weighted by Crippen LogP contribution is -2.31. The van der Waals surface area contributed by atoms with Crippen molar-refractivity contribution in [2.24, 2.45) is 0 Å². The van der Waals surface area contributed by atoms with Crippen molar-refractivity contribution in [2.75, 3.05) is 0 Å². The summed E-state index contributed by atoms with van der Waals surface area (Å²) in [6.07, 6.45) is 0. The van der Waals surface area contributed by atoms with E-state index >= 15 is 0 Å². The maximum absolute atomic E-state index is 10.9. The van der Waals surface area contributed by atoms with Gasteiger partial charge in [0.05, 0.1) is 6.61 Å². The van der Waals surface area contributed by atoms with Crippen LogP contribution in [0.5, 0.6) is 0 Å². The predicted octanol–water partition coefficient (Wildman–Crippen LogP) is 2.75. The molecule has 3 heteroatoms. The zero-order chi connectivity index (χ0) is 10.6. The Bertz CT molecular complexity index is 306. The first kappa shape index (κ1) is 11.2. The summed E-state index contributed by atoms with van der Waals surface area (Å²) < 4.78 is 5.40. The summed E-state index contributed by atoms with van der Waals surface area (Å²) in [7, 11) is 0. The summed E-state index contributed by atoms with van der Waals surface area (Å²) in [5, 5.41) is -0.478. The van der Waals surface area contributed by atoms with Gasteiger partial charge in [0.15, 0.2) is 0 Å². The highest BCUT2D eigenvalue weighted by molar-refractivity contribution is 6.65. The molecular formula is C11H13ClO2. The summed E-state index contributed by atoms with van der Waals surface area (Å²) in [6.45, 7) is 3.71. The van der Waals surface area contributed by atoms with Crippen LogP contribution in [0.4, 0.5) is 0 Å². The maximum atomic E-state index is 10.9. The number of hydrogen-bond donors (Lipinski definition) is 0. The van der Waals surface area contributed by atoms with E-state index in [4.69, 9.17) is 16.3 Å². The standard InChI is InChI=1S/C11H13ClO2/c1-11(2,10(12)13)14-8-9-6-4-3-5-7-9/h3-7H,8H2,1-2H3. The molecule has 0 atom stereocenters. The van der Waals surface area contributed by atoms with Gasteiger partial charge in [0.25, 0.3) is 5.24 Å². The van der Waals surface area contributed by atoms with Crippen molar-refractivity contribution in [3.63, 3.8) is 0 Å². The van der Waals surface area contributed by atoms with Gasteiger partial charge in [-0.25, -0.2) is 0 Å². The van der Waals surface area contributed by atoms with Crippen LogP contribution in [0.3, 0.4) is 0 Å². The molecular weight excluding hydrogens is 200 g/mol. The number of carbonyl (C=O) groups excluding carboxylic acids is 1. The summed E-state index contributed by atoms with van der Waals surface area (Å²) in [6, 6.07) is 9.66. The van der Waals surface area contributed by atoms with E-state index in [1.165, 1.54) is 0 Å². The fraction of sp³-hybridized carbons (Fsp3) is 0.364. The largest absolute Gasteiger partial charge is 0.362 e. The van der Waals surface area contributed by atoms with Crippen molar-refractivity contribution in [1.29, 1.82) is 0 Å². The monoisotopic (exact) mass is 212 g/mol. The van der Waals surface area contributed by atoms with Crippen LogP contribution >= 0.6 is 11.6 Å². The average molecular weight is 213 g/mol. The van der Waals surface area contributed by atoms with E-state index in [0.29, 0.717) is 6.61 Å². The number of benzene rings is 1. The fourth-order valence-corrected chi connectivity index (χ4v) is 0.949. The third kappa shape index (κ3) is 3.13. The van der Waals surface area contributed by atoms with Gasteiger partial charge >= 0.3 is 0 Å². The van der Waals surface area contributed by atoms with Crippen LogP contribution in [0, 0.1) is 0 Å². The summed E-state index contributed by atoms with van der Waals surface area (Å²) in [5.41, 5.74) is 0.107. The number of hydrogen-bond acceptors (Lipinski definition) is 2. The molecule has 2 nitrogen and oxygen atoms in total. The number of rotatable bonds is 4. The molecule has 0 saturated carbocycles. The zero-order valence-electron chi connectivity index (χ0n) is 8.29. The van der Waals surface area contributed by atoms with Gasteiger partial charge in [-0.15, -0.1) is 0 Å². The first-order valence-corrected chi connectivity index (χ1v) is 4.78.